The molecule has 0 spiro atoms. The number of rotatable bonds is 4. The van der Waals surface area contributed by atoms with Gasteiger partial charge in [-0.3, -0.25) is 18.9 Å². The zero-order valence-corrected chi connectivity index (χ0v) is 23.3. The van der Waals surface area contributed by atoms with Crippen LogP contribution in [0.4, 0.5) is 5.69 Å². The van der Waals surface area contributed by atoms with Crippen molar-refractivity contribution in [2.75, 3.05) is 4.90 Å². The zero-order valence-electron chi connectivity index (χ0n) is 21.7. The summed E-state index contributed by atoms with van der Waals surface area (Å²) < 4.78 is 70.1. The van der Waals surface area contributed by atoms with Gasteiger partial charge in [-0.2, -0.15) is 8.42 Å². The number of imide groups is 1. The van der Waals surface area contributed by atoms with Gasteiger partial charge in [0.15, 0.2) is 0 Å². The summed E-state index contributed by atoms with van der Waals surface area (Å²) in [5.41, 5.74) is -1.02. The van der Waals surface area contributed by atoms with Crippen molar-refractivity contribution in [2.45, 2.75) is 9.79 Å². The van der Waals surface area contributed by atoms with Crippen molar-refractivity contribution in [3.63, 3.8) is 0 Å². The quantitative estimate of drug-likeness (QED) is 0.138. The molecule has 2 aliphatic heterocycles. The van der Waals surface area contributed by atoms with Crippen molar-refractivity contribution in [1.29, 1.82) is 0 Å². The van der Waals surface area contributed by atoms with Crippen molar-refractivity contribution in [3.05, 3.63) is 89.0 Å². The summed E-state index contributed by atoms with van der Waals surface area (Å²) in [4.78, 5) is 42.0. The third-order valence-electron chi connectivity index (χ3n) is 6.64. The molecule has 0 aliphatic carbocycles. The van der Waals surface area contributed by atoms with Gasteiger partial charge in [-0.05, 0) is 47.9 Å². The number of benzene rings is 4. The van der Waals surface area contributed by atoms with Gasteiger partial charge in [0.2, 0.25) is 0 Å². The molecule has 0 saturated carbocycles. The van der Waals surface area contributed by atoms with E-state index >= 15 is 0 Å². The predicted molar refractivity (Wildman–Crippen MR) is 136 cm³/mol. The summed E-state index contributed by atoms with van der Waals surface area (Å²) in [6.07, 6.45) is 0. The third kappa shape index (κ3) is 4.72. The van der Waals surface area contributed by atoms with Crippen LogP contribution in [0.1, 0.15) is 36.6 Å². The van der Waals surface area contributed by atoms with Gasteiger partial charge in [0.05, 0.1) is 16.1 Å². The Labute approximate surface area is 261 Å². The number of amides is 3. The Kier molecular flexibility index (Phi) is 7.93. The van der Waals surface area contributed by atoms with Crippen LogP contribution in [0.25, 0.3) is 21.9 Å². The van der Waals surface area contributed by atoms with Gasteiger partial charge in [0.1, 0.15) is 15.0 Å². The molecular weight excluding hydrogens is 578 g/mol. The molecule has 4 aromatic carbocycles. The first kappa shape index (κ1) is 31.4. The molecule has 4 aromatic rings. The first-order valence-corrected chi connectivity index (χ1v) is 14.1. The smallest absolute Gasteiger partial charge is 0.858 e. The van der Waals surface area contributed by atoms with Crippen LogP contribution >= 0.6 is 0 Å². The van der Waals surface area contributed by atoms with Gasteiger partial charge >= 0.3 is 37.7 Å². The molecule has 3 amide bonds. The number of carbonyl (C=O) groups excluding carboxylic acids is 3. The molecule has 0 fully saturated rings. The molecule has 6 rings (SSSR count). The van der Waals surface area contributed by atoms with E-state index in [-0.39, 0.29) is 87.6 Å². The van der Waals surface area contributed by atoms with E-state index in [9.17, 15) is 45.4 Å². The Morgan fingerprint density at radius 1 is 0.667 bits per heavy atom. The van der Waals surface area contributed by atoms with Crippen molar-refractivity contribution in [1.82, 2.24) is 0 Å². The number of hydrogen-bond acceptors (Lipinski definition) is 9. The summed E-state index contributed by atoms with van der Waals surface area (Å²) in [6.45, 7) is 0. The predicted octanol–water partition coefficient (Wildman–Crippen LogP) is -4.27. The normalized spacial score (nSPS) is 14.3. The van der Waals surface area contributed by atoms with E-state index in [0.717, 1.165) is 30.3 Å². The second kappa shape index (κ2) is 10.6. The van der Waals surface area contributed by atoms with Crippen LogP contribution in [0, 0.1) is 0 Å². The summed E-state index contributed by atoms with van der Waals surface area (Å²) in [5.74, 6) is -3.48. The van der Waals surface area contributed by atoms with Crippen LogP contribution in [-0.2, 0) is 20.2 Å². The molecule has 0 atom stereocenters. The van der Waals surface area contributed by atoms with Crippen molar-refractivity contribution in [2.24, 2.45) is 4.99 Å². The average molecular weight is 590 g/mol. The molecule has 12 nitrogen and oxygen atoms in total. The van der Waals surface area contributed by atoms with Crippen LogP contribution in [0.15, 0.2) is 81.5 Å². The first-order chi connectivity index (χ1) is 18.8. The summed E-state index contributed by atoms with van der Waals surface area (Å²) in [7, 11) is -10.2. The van der Waals surface area contributed by atoms with Crippen LogP contribution < -0.4 is 47.7 Å². The topological polar surface area (TPSA) is 201 Å². The summed E-state index contributed by atoms with van der Waals surface area (Å²) in [5, 5.41) is 12.5. The van der Waals surface area contributed by atoms with E-state index < -0.39 is 53.6 Å². The Balaban J connectivity index is 0.00000202. The fourth-order valence-corrected chi connectivity index (χ4v) is 6.40. The van der Waals surface area contributed by atoms with Gasteiger partial charge in [-0.25, -0.2) is 18.3 Å². The number of aliphatic imine (C=N–C) groups is 1. The molecule has 2 aliphatic rings. The van der Waals surface area contributed by atoms with E-state index in [1.807, 2.05) is 0 Å². The second-order valence-electron chi connectivity index (χ2n) is 8.85. The van der Waals surface area contributed by atoms with E-state index in [1.165, 1.54) is 36.4 Å². The molecular formula is C26H12Li2N2O10S2. The van der Waals surface area contributed by atoms with Crippen molar-refractivity contribution < 1.29 is 83.2 Å². The van der Waals surface area contributed by atoms with E-state index in [4.69, 9.17) is 0 Å². The molecule has 0 bridgehead atoms. The minimum atomic E-state index is -5.09. The Hall–Kier alpha value is -3.57. The molecule has 0 unspecified atom stereocenters. The standard InChI is InChI=1S/C26H14N2O10S2.2Li/c29-23-15-7-9-17-22-18(10-8-16(21(15)22)24(30)27-23)26(32)28(25(17)31)12-5-6-14(20(11-12)40(36,37)38)13-3-1-2-4-19(13)39(33,34)35;;/h1-11H,(H,27,29,30)(H,33,34,35)(H,36,37,38);;/q;2*+1/p-2. The molecule has 16 heteroatoms. The Morgan fingerprint density at radius 3 is 1.76 bits per heavy atom. The molecule has 2 heterocycles. The fourth-order valence-electron chi connectivity index (χ4n) is 4.98. The largest absolute Gasteiger partial charge is 1.00 e. The molecule has 42 heavy (non-hydrogen) atoms. The van der Waals surface area contributed by atoms with Crippen LogP contribution in [-0.4, -0.2) is 49.6 Å². The monoisotopic (exact) mass is 590 g/mol. The van der Waals surface area contributed by atoms with Crippen molar-refractivity contribution in [3.8, 4) is 11.1 Å². The van der Waals surface area contributed by atoms with Crippen LogP contribution in [0.5, 0.6) is 0 Å². The van der Waals surface area contributed by atoms with Gasteiger partial charge in [-0.15, -0.1) is 0 Å². The van der Waals surface area contributed by atoms with E-state index in [0.29, 0.717) is 4.90 Å². The van der Waals surface area contributed by atoms with Crippen LogP contribution in [0.3, 0.4) is 0 Å². The Morgan fingerprint density at radius 2 is 1.17 bits per heavy atom. The number of hydrogen-bond donors (Lipinski definition) is 1. The molecule has 0 radical (unpaired) electrons. The minimum Gasteiger partial charge on any atom is -0.858 e. The molecule has 0 saturated heterocycles. The molecule has 1 N–H and O–H groups in total. The zero-order chi connectivity index (χ0) is 28.7. The second-order valence-corrected chi connectivity index (χ2v) is 11.6. The van der Waals surface area contributed by atoms with Gasteiger partial charge in [-0.1, -0.05) is 30.3 Å². The van der Waals surface area contributed by atoms with E-state index in [2.05, 4.69) is 4.99 Å². The Bertz CT molecular complexity index is 2120. The van der Waals surface area contributed by atoms with Crippen molar-refractivity contribution >= 4 is 60.3 Å². The minimum absolute atomic E-state index is 0. The van der Waals surface area contributed by atoms with Crippen LogP contribution in [0.2, 0.25) is 0 Å². The number of anilines is 1. The number of nitrogens with zero attached hydrogens (tertiary/aromatic N) is 2. The first-order valence-electron chi connectivity index (χ1n) is 11.2. The molecule has 200 valence electrons. The number of carbonyl (C=O) groups is 3. The van der Waals surface area contributed by atoms with Gasteiger partial charge < -0.3 is 9.66 Å². The van der Waals surface area contributed by atoms with E-state index in [1.54, 1.807) is 0 Å². The van der Waals surface area contributed by atoms with Gasteiger partial charge in [0, 0.05) is 33.0 Å². The maximum Gasteiger partial charge on any atom is 1.00 e. The molecule has 0 aromatic heterocycles. The van der Waals surface area contributed by atoms with Gasteiger partial charge in [0.25, 0.3) is 27.8 Å². The maximum atomic E-state index is 13.6. The SMILES string of the molecule is O=C1N=C([O-])c2ccc3c4c(ccc1c24)C(=O)N(c1ccc(-c2ccccc2S(=O)(=O)[O-])c(S(=O)(=O)O)c1)C3=O.[Li+].[Li+]. The maximum absolute atomic E-state index is 13.6. The average Bonchev–Trinajstić information content (AvgIpc) is 2.89. The third-order valence-corrected chi connectivity index (χ3v) is 8.43. The summed E-state index contributed by atoms with van der Waals surface area (Å²) in [6, 6.07) is 12.9. The fraction of sp³-hybridized carbons (Fsp3) is 0. The summed E-state index contributed by atoms with van der Waals surface area (Å²) >= 11 is 0.